The maximum atomic E-state index is 13.3. The second-order valence-corrected chi connectivity index (χ2v) is 8.49. The van der Waals surface area contributed by atoms with E-state index < -0.39 is 17.8 Å². The first-order valence-corrected chi connectivity index (χ1v) is 11.3. The highest BCUT2D eigenvalue weighted by molar-refractivity contribution is 5.98. The highest BCUT2D eigenvalue weighted by Crippen LogP contribution is 2.34. The molecule has 0 saturated heterocycles. The molecule has 0 radical (unpaired) electrons. The first-order chi connectivity index (χ1) is 17.9. The van der Waals surface area contributed by atoms with E-state index in [0.717, 1.165) is 11.1 Å². The topological polar surface area (TPSA) is 156 Å². The second-order valence-electron chi connectivity index (χ2n) is 8.49. The van der Waals surface area contributed by atoms with Crippen LogP contribution in [0.25, 0.3) is 10.6 Å². The monoisotopic (exact) mass is 496 g/mol. The zero-order valence-corrected chi connectivity index (χ0v) is 19.6. The largest absolute Gasteiger partial charge is 0.478 e. The Morgan fingerprint density at radius 1 is 1.19 bits per heavy atom. The highest BCUT2D eigenvalue weighted by Gasteiger charge is 2.29. The van der Waals surface area contributed by atoms with E-state index >= 15 is 0 Å². The molecule has 12 heteroatoms. The Bertz CT molecular complexity index is 1620. The number of fused-ring (bicyclic) bond motifs is 2. The van der Waals surface area contributed by atoms with Crippen LogP contribution in [0.4, 0.5) is 5.82 Å². The van der Waals surface area contributed by atoms with E-state index in [1.165, 1.54) is 23.1 Å². The van der Waals surface area contributed by atoms with Crippen LogP contribution in [0.1, 0.15) is 66.1 Å². The third-order valence-electron chi connectivity index (χ3n) is 6.32. The van der Waals surface area contributed by atoms with Gasteiger partial charge in [-0.05, 0) is 60.2 Å². The van der Waals surface area contributed by atoms with Gasteiger partial charge in [0, 0.05) is 12.6 Å². The van der Waals surface area contributed by atoms with Crippen molar-refractivity contribution in [3.63, 3.8) is 0 Å². The summed E-state index contributed by atoms with van der Waals surface area (Å²) in [6.45, 7) is 8.97. The molecule has 3 heterocycles. The van der Waals surface area contributed by atoms with Crippen LogP contribution in [0.15, 0.2) is 42.9 Å². The molecular formula is C25H20N8O4. The molecule has 3 aromatic heterocycles. The number of aromatic carboxylic acids is 1. The van der Waals surface area contributed by atoms with Crippen LogP contribution < -0.4 is 10.6 Å². The molecule has 0 fully saturated rings. The number of pyridine rings is 1. The van der Waals surface area contributed by atoms with Gasteiger partial charge in [0.05, 0.1) is 11.6 Å². The summed E-state index contributed by atoms with van der Waals surface area (Å²) in [7, 11) is 0. The number of carboxylic acids is 1. The van der Waals surface area contributed by atoms with Gasteiger partial charge in [-0.2, -0.15) is 14.6 Å². The summed E-state index contributed by atoms with van der Waals surface area (Å²) in [4.78, 5) is 53.1. The van der Waals surface area contributed by atoms with Crippen molar-refractivity contribution in [3.05, 3.63) is 93.5 Å². The van der Waals surface area contributed by atoms with Crippen molar-refractivity contribution in [1.29, 1.82) is 0 Å². The van der Waals surface area contributed by atoms with Crippen LogP contribution in [0, 0.1) is 13.5 Å². The van der Waals surface area contributed by atoms with E-state index in [4.69, 9.17) is 6.57 Å². The van der Waals surface area contributed by atoms with Gasteiger partial charge in [0.2, 0.25) is 0 Å². The summed E-state index contributed by atoms with van der Waals surface area (Å²) in [5.41, 5.74) is 3.49. The molecule has 3 N–H and O–H groups in total. The number of nitrogens with zero attached hydrogens (tertiary/aromatic N) is 6. The van der Waals surface area contributed by atoms with Gasteiger partial charge in [0.25, 0.3) is 23.4 Å². The third kappa shape index (κ3) is 4.45. The van der Waals surface area contributed by atoms with E-state index in [2.05, 4.69) is 35.5 Å². The number of carbonyl (C=O) groups is 3. The van der Waals surface area contributed by atoms with E-state index in [9.17, 15) is 19.5 Å². The van der Waals surface area contributed by atoms with E-state index in [1.807, 2.05) is 0 Å². The third-order valence-corrected chi connectivity index (χ3v) is 6.32. The fourth-order valence-electron chi connectivity index (χ4n) is 4.49. The normalized spacial score (nSPS) is 14.1. The first kappa shape index (κ1) is 23.6. The molecule has 0 unspecified atom stereocenters. The molecule has 0 bridgehead atoms. The molecule has 1 aromatic carbocycles. The van der Waals surface area contributed by atoms with Gasteiger partial charge in [-0.15, -0.1) is 4.98 Å². The number of nitrogens with one attached hydrogen (secondary N) is 2. The number of carbonyl (C=O) groups excluding carboxylic acids is 2. The van der Waals surface area contributed by atoms with Crippen molar-refractivity contribution in [2.45, 2.75) is 32.4 Å². The lowest BCUT2D eigenvalue weighted by Crippen LogP contribution is -2.30. The predicted octanol–water partition coefficient (Wildman–Crippen LogP) is 2.42. The molecule has 0 saturated carbocycles. The van der Waals surface area contributed by atoms with Crippen molar-refractivity contribution in [1.82, 2.24) is 35.2 Å². The average Bonchev–Trinajstić information content (AvgIpc) is 3.54. The van der Waals surface area contributed by atoms with E-state index in [1.54, 1.807) is 31.2 Å². The highest BCUT2D eigenvalue weighted by atomic mass is 16.4. The minimum absolute atomic E-state index is 0.0149. The molecule has 0 spiro atoms. The predicted molar refractivity (Wildman–Crippen MR) is 129 cm³/mol. The SMILES string of the molecule is [C-]#[N+]c1cc(CNC(=O)c2cc(C(=O)N[C@H]3CCc4c3ccc(C(=O)O)c4C)n3ncnc3n2)ccn1. The number of benzene rings is 1. The van der Waals surface area contributed by atoms with Crippen LogP contribution in [-0.4, -0.2) is 47.5 Å². The summed E-state index contributed by atoms with van der Waals surface area (Å²) < 4.78 is 1.26. The van der Waals surface area contributed by atoms with Crippen molar-refractivity contribution in [2.75, 3.05) is 0 Å². The van der Waals surface area contributed by atoms with Gasteiger partial charge in [-0.3, -0.25) is 9.59 Å². The standard InChI is InChI=1S/C25H20N8O4/c1-13-15-5-6-18(17(15)4-3-16(13)24(36)37)31-23(35)20-10-19(32-25-29-12-30-33(20)25)22(34)28-11-14-7-8-27-21(9-14)26-2/h3-4,7-10,12,18H,5-6,11H2,1H3,(H,28,34)(H,31,35)(H,36,37)/t18-/m0/s1. The zero-order valence-electron chi connectivity index (χ0n) is 19.6. The Kier molecular flexibility index (Phi) is 6.02. The molecule has 0 aliphatic heterocycles. The molecule has 2 amide bonds. The smallest absolute Gasteiger partial charge is 0.335 e. The van der Waals surface area contributed by atoms with Gasteiger partial charge in [-0.25, -0.2) is 9.78 Å². The number of hydrogen-bond donors (Lipinski definition) is 3. The summed E-state index contributed by atoms with van der Waals surface area (Å²) in [5.74, 6) is -1.67. The summed E-state index contributed by atoms with van der Waals surface area (Å²) in [6, 6.07) is 7.56. The van der Waals surface area contributed by atoms with Crippen LogP contribution in [-0.2, 0) is 13.0 Å². The second kappa shape index (κ2) is 9.46. The number of aromatic nitrogens is 5. The lowest BCUT2D eigenvalue weighted by Gasteiger charge is -2.16. The summed E-state index contributed by atoms with van der Waals surface area (Å²) in [5, 5.41) is 19.2. The minimum atomic E-state index is -0.986. The Labute approximate surface area is 210 Å². The molecule has 4 aromatic rings. The molecule has 1 aliphatic carbocycles. The number of rotatable bonds is 6. The minimum Gasteiger partial charge on any atom is -0.478 e. The molecule has 37 heavy (non-hydrogen) atoms. The first-order valence-electron chi connectivity index (χ1n) is 11.3. The van der Waals surface area contributed by atoms with E-state index in [-0.39, 0.29) is 41.1 Å². The summed E-state index contributed by atoms with van der Waals surface area (Å²) >= 11 is 0. The lowest BCUT2D eigenvalue weighted by atomic mass is 9.98. The quantitative estimate of drug-likeness (QED) is 0.344. The van der Waals surface area contributed by atoms with Gasteiger partial charge in [0.15, 0.2) is 0 Å². The van der Waals surface area contributed by atoms with E-state index in [0.29, 0.717) is 24.0 Å². The fourth-order valence-corrected chi connectivity index (χ4v) is 4.49. The lowest BCUT2D eigenvalue weighted by molar-refractivity contribution is 0.0695. The summed E-state index contributed by atoms with van der Waals surface area (Å²) in [6.07, 6.45) is 3.98. The Hall–Kier alpha value is -5.18. The van der Waals surface area contributed by atoms with Crippen LogP contribution in [0.5, 0.6) is 0 Å². The number of carboxylic acid groups (broad SMARTS) is 1. The number of amides is 2. The van der Waals surface area contributed by atoms with Crippen LogP contribution >= 0.6 is 0 Å². The van der Waals surface area contributed by atoms with Crippen LogP contribution in [0.2, 0.25) is 0 Å². The Morgan fingerprint density at radius 3 is 2.81 bits per heavy atom. The van der Waals surface area contributed by atoms with Crippen LogP contribution in [0.3, 0.4) is 0 Å². The van der Waals surface area contributed by atoms with Crippen molar-refractivity contribution in [3.8, 4) is 0 Å². The Balaban J connectivity index is 1.38. The molecular weight excluding hydrogens is 476 g/mol. The van der Waals surface area contributed by atoms with Gasteiger partial charge in [-0.1, -0.05) is 12.6 Å². The van der Waals surface area contributed by atoms with Crippen molar-refractivity contribution in [2.24, 2.45) is 0 Å². The Morgan fingerprint density at radius 2 is 2.03 bits per heavy atom. The van der Waals surface area contributed by atoms with Crippen molar-refractivity contribution < 1.29 is 19.5 Å². The van der Waals surface area contributed by atoms with Gasteiger partial charge < -0.3 is 20.6 Å². The van der Waals surface area contributed by atoms with Gasteiger partial charge in [0.1, 0.15) is 23.9 Å². The van der Waals surface area contributed by atoms with Gasteiger partial charge >= 0.3 is 5.97 Å². The maximum absolute atomic E-state index is 13.3. The fraction of sp³-hybridized carbons (Fsp3) is 0.200. The zero-order chi connectivity index (χ0) is 26.1. The molecule has 184 valence electrons. The molecule has 1 atom stereocenters. The average molecular weight is 496 g/mol. The maximum Gasteiger partial charge on any atom is 0.335 e. The number of hydrogen-bond acceptors (Lipinski definition) is 7. The molecule has 12 nitrogen and oxygen atoms in total. The van der Waals surface area contributed by atoms with Crippen molar-refractivity contribution >= 4 is 29.4 Å². The molecule has 5 rings (SSSR count). The molecule has 1 aliphatic rings.